The average molecular weight is 417 g/mol. The van der Waals surface area contributed by atoms with E-state index in [2.05, 4.69) is 43.4 Å². The van der Waals surface area contributed by atoms with Crippen molar-refractivity contribution in [3.05, 3.63) is 70.0 Å². The van der Waals surface area contributed by atoms with Gasteiger partial charge in [0.15, 0.2) is 5.82 Å². The van der Waals surface area contributed by atoms with Gasteiger partial charge in [0.1, 0.15) is 5.75 Å². The van der Waals surface area contributed by atoms with E-state index in [4.69, 9.17) is 4.74 Å². The van der Waals surface area contributed by atoms with Crippen LogP contribution in [0.2, 0.25) is 0 Å². The largest absolute Gasteiger partial charge is 0.496 e. The van der Waals surface area contributed by atoms with Gasteiger partial charge in [0.25, 0.3) is 0 Å². The zero-order chi connectivity index (χ0) is 17.6. The van der Waals surface area contributed by atoms with Crippen molar-refractivity contribution >= 4 is 33.9 Å². The summed E-state index contributed by atoms with van der Waals surface area (Å²) in [6.07, 6.45) is 4.39. The first kappa shape index (κ1) is 17.7. The third-order valence-electron chi connectivity index (χ3n) is 3.57. The molecule has 3 aromatic rings. The molecule has 1 aromatic heterocycles. The van der Waals surface area contributed by atoms with Crippen LogP contribution < -0.4 is 4.74 Å². The van der Waals surface area contributed by atoms with Gasteiger partial charge in [0, 0.05) is 16.5 Å². The number of methoxy groups -OCH3 is 1. The molecule has 7 heteroatoms. The van der Waals surface area contributed by atoms with Crippen molar-refractivity contribution < 1.29 is 4.74 Å². The van der Waals surface area contributed by atoms with Crippen molar-refractivity contribution in [2.45, 2.75) is 11.6 Å². The molecule has 0 bridgehead atoms. The summed E-state index contributed by atoms with van der Waals surface area (Å²) in [4.78, 5) is 0. The molecular weight excluding hydrogens is 400 g/mol. The van der Waals surface area contributed by atoms with Gasteiger partial charge in [0.05, 0.1) is 13.3 Å². The standard InChI is InChI=1S/C18H17BrN4OS/c1-24-16-9-8-15(19)11-14(16)12-20-23-17(21-22-18(23)25-2)10-13-6-4-3-5-7-13/h3-9,11-12H,10H2,1-2H3/b20-12-. The van der Waals surface area contributed by atoms with Gasteiger partial charge in [-0.15, -0.1) is 10.2 Å². The van der Waals surface area contributed by atoms with Crippen LogP contribution in [0.25, 0.3) is 0 Å². The van der Waals surface area contributed by atoms with Crippen molar-refractivity contribution in [2.24, 2.45) is 5.10 Å². The van der Waals surface area contributed by atoms with Crippen molar-refractivity contribution in [3.8, 4) is 5.75 Å². The van der Waals surface area contributed by atoms with E-state index in [0.29, 0.717) is 6.42 Å². The first-order valence-electron chi connectivity index (χ1n) is 7.61. The van der Waals surface area contributed by atoms with Gasteiger partial charge in [-0.25, -0.2) is 0 Å². The van der Waals surface area contributed by atoms with Gasteiger partial charge >= 0.3 is 0 Å². The van der Waals surface area contributed by atoms with Crippen LogP contribution in [0.5, 0.6) is 5.75 Å². The minimum atomic E-state index is 0.668. The molecule has 0 spiro atoms. The molecule has 0 N–H and O–H groups in total. The Bertz CT molecular complexity index is 880. The summed E-state index contributed by atoms with van der Waals surface area (Å²) in [5, 5.41) is 13.9. The van der Waals surface area contributed by atoms with Gasteiger partial charge in [-0.1, -0.05) is 58.0 Å². The lowest BCUT2D eigenvalue weighted by atomic mass is 10.1. The van der Waals surface area contributed by atoms with Crippen LogP contribution in [0.15, 0.2) is 63.3 Å². The third kappa shape index (κ3) is 4.29. The SMILES string of the molecule is COc1ccc(Br)cc1/C=N\n1c(Cc2ccccc2)nnc1SC. The Morgan fingerprint density at radius 3 is 2.72 bits per heavy atom. The summed E-state index contributed by atoms with van der Waals surface area (Å²) in [6, 6.07) is 16.0. The Labute approximate surface area is 159 Å². The number of halogens is 1. The molecule has 1 heterocycles. The number of ether oxygens (including phenoxy) is 1. The lowest BCUT2D eigenvalue weighted by Gasteiger charge is -2.06. The molecule has 25 heavy (non-hydrogen) atoms. The van der Waals surface area contributed by atoms with Crippen molar-refractivity contribution in [2.75, 3.05) is 13.4 Å². The Morgan fingerprint density at radius 1 is 1.20 bits per heavy atom. The van der Waals surface area contributed by atoms with E-state index >= 15 is 0 Å². The smallest absolute Gasteiger partial charge is 0.211 e. The predicted molar refractivity (Wildman–Crippen MR) is 105 cm³/mol. The zero-order valence-corrected chi connectivity index (χ0v) is 16.3. The molecule has 0 atom stereocenters. The number of rotatable bonds is 6. The van der Waals surface area contributed by atoms with Gasteiger partial charge in [-0.2, -0.15) is 9.78 Å². The highest BCUT2D eigenvalue weighted by molar-refractivity contribution is 9.10. The normalized spacial score (nSPS) is 11.2. The molecule has 3 rings (SSSR count). The summed E-state index contributed by atoms with van der Waals surface area (Å²) in [6.45, 7) is 0. The fraction of sp³-hybridized carbons (Fsp3) is 0.167. The fourth-order valence-corrected chi connectivity index (χ4v) is 3.18. The molecule has 0 saturated heterocycles. The van der Waals surface area contributed by atoms with Crippen LogP contribution in [0.1, 0.15) is 17.0 Å². The molecule has 2 aromatic carbocycles. The molecule has 128 valence electrons. The zero-order valence-electron chi connectivity index (χ0n) is 13.9. The number of benzene rings is 2. The second-order valence-electron chi connectivity index (χ2n) is 5.21. The Balaban J connectivity index is 1.94. The van der Waals surface area contributed by atoms with E-state index in [9.17, 15) is 0 Å². The molecule has 0 saturated carbocycles. The second-order valence-corrected chi connectivity index (χ2v) is 6.90. The molecule has 0 aliphatic rings. The number of hydrogen-bond acceptors (Lipinski definition) is 5. The van der Waals surface area contributed by atoms with Crippen molar-refractivity contribution in [1.29, 1.82) is 0 Å². The van der Waals surface area contributed by atoms with E-state index in [1.54, 1.807) is 18.0 Å². The molecule has 5 nitrogen and oxygen atoms in total. The molecule has 0 aliphatic heterocycles. The predicted octanol–water partition coefficient (Wildman–Crippen LogP) is 4.24. The minimum Gasteiger partial charge on any atom is -0.496 e. The summed E-state index contributed by atoms with van der Waals surface area (Å²) in [5.41, 5.74) is 2.04. The van der Waals surface area contributed by atoms with E-state index in [-0.39, 0.29) is 0 Å². The van der Waals surface area contributed by atoms with E-state index in [1.165, 1.54) is 17.3 Å². The maximum absolute atomic E-state index is 5.39. The molecule has 0 radical (unpaired) electrons. The quantitative estimate of drug-likeness (QED) is 0.445. The Kier molecular flexibility index (Phi) is 5.88. The van der Waals surface area contributed by atoms with E-state index < -0.39 is 0 Å². The lowest BCUT2D eigenvalue weighted by Crippen LogP contribution is -2.02. The highest BCUT2D eigenvalue weighted by atomic mass is 79.9. The lowest BCUT2D eigenvalue weighted by molar-refractivity contribution is 0.414. The first-order chi connectivity index (χ1) is 12.2. The molecule has 0 amide bonds. The van der Waals surface area contributed by atoms with Crippen LogP contribution >= 0.6 is 27.7 Å². The van der Waals surface area contributed by atoms with Gasteiger partial charge in [-0.05, 0) is 30.0 Å². The minimum absolute atomic E-state index is 0.668. The van der Waals surface area contributed by atoms with Crippen LogP contribution in [0.3, 0.4) is 0 Å². The maximum atomic E-state index is 5.39. The highest BCUT2D eigenvalue weighted by Crippen LogP contribution is 2.22. The van der Waals surface area contributed by atoms with Gasteiger partial charge in [0.2, 0.25) is 5.16 Å². The topological polar surface area (TPSA) is 52.3 Å². The number of hydrogen-bond donors (Lipinski definition) is 0. The summed E-state index contributed by atoms with van der Waals surface area (Å²) in [7, 11) is 1.65. The first-order valence-corrected chi connectivity index (χ1v) is 9.63. The van der Waals surface area contributed by atoms with Gasteiger partial charge in [-0.3, -0.25) is 0 Å². The summed E-state index contributed by atoms with van der Waals surface area (Å²) < 4.78 is 8.14. The number of nitrogens with zero attached hydrogens (tertiary/aromatic N) is 4. The van der Waals surface area contributed by atoms with Crippen LogP contribution in [-0.2, 0) is 6.42 Å². The monoisotopic (exact) mass is 416 g/mol. The summed E-state index contributed by atoms with van der Waals surface area (Å²) in [5.74, 6) is 1.55. The molecule has 0 aliphatic carbocycles. The fourth-order valence-electron chi connectivity index (χ4n) is 2.35. The number of aromatic nitrogens is 3. The Hall–Kier alpha value is -2.12. The second kappa shape index (κ2) is 8.31. The summed E-state index contributed by atoms with van der Waals surface area (Å²) >= 11 is 4.99. The van der Waals surface area contributed by atoms with Crippen LogP contribution in [0.4, 0.5) is 0 Å². The molecule has 0 unspecified atom stereocenters. The van der Waals surface area contributed by atoms with Crippen molar-refractivity contribution in [3.63, 3.8) is 0 Å². The van der Waals surface area contributed by atoms with Crippen LogP contribution in [-0.4, -0.2) is 34.5 Å². The Morgan fingerprint density at radius 2 is 2.00 bits per heavy atom. The molecule has 0 fully saturated rings. The average Bonchev–Trinajstić information content (AvgIpc) is 3.02. The van der Waals surface area contributed by atoms with Crippen LogP contribution in [0, 0.1) is 0 Å². The molecular formula is C18H17BrN4OS. The van der Waals surface area contributed by atoms with E-state index in [1.807, 2.05) is 42.7 Å². The highest BCUT2D eigenvalue weighted by Gasteiger charge is 2.11. The van der Waals surface area contributed by atoms with Gasteiger partial charge < -0.3 is 4.74 Å². The third-order valence-corrected chi connectivity index (χ3v) is 4.68. The maximum Gasteiger partial charge on any atom is 0.211 e. The van der Waals surface area contributed by atoms with E-state index in [0.717, 1.165) is 26.8 Å². The number of thioether (sulfide) groups is 1. The van der Waals surface area contributed by atoms with Crippen molar-refractivity contribution in [1.82, 2.24) is 14.9 Å².